The smallest absolute Gasteiger partial charge is 0.344 e. The van der Waals surface area contributed by atoms with E-state index in [-0.39, 0.29) is 0 Å². The minimum absolute atomic E-state index is 0.428. The molecule has 0 aliphatic carbocycles. The molecule has 0 aromatic rings. The van der Waals surface area contributed by atoms with Gasteiger partial charge in [0, 0.05) is 0 Å². The van der Waals surface area contributed by atoms with E-state index in [1.165, 1.54) is 0 Å². The predicted molar refractivity (Wildman–Crippen MR) is 40.1 cm³/mol. The molecule has 0 atom stereocenters. The zero-order chi connectivity index (χ0) is 8.69. The molecular weight excluding hydrogens is 146 g/mol. The maximum absolute atomic E-state index is 9.91. The van der Waals surface area contributed by atoms with Gasteiger partial charge in [0.15, 0.2) is 0 Å². The van der Waals surface area contributed by atoms with Crippen LogP contribution < -0.4 is 0 Å². The zero-order valence-electron chi connectivity index (χ0n) is 6.42. The normalized spacial score (nSPS) is 9.82. The minimum atomic E-state index is -1.05. The number of carboxylic acid groups (broad SMARTS) is 1. The van der Waals surface area contributed by atoms with Gasteiger partial charge in [-0.3, -0.25) is 0 Å². The van der Waals surface area contributed by atoms with E-state index in [1.807, 2.05) is 0 Å². The molecule has 0 rings (SSSR count). The average molecular weight is 155 g/mol. The van der Waals surface area contributed by atoms with Gasteiger partial charge in [-0.25, -0.2) is 4.79 Å². The molecule has 0 heterocycles. The van der Waals surface area contributed by atoms with Crippen LogP contribution in [-0.2, 0) is 9.63 Å². The third-order valence-corrected chi connectivity index (χ3v) is 0.695. The van der Waals surface area contributed by atoms with Crippen LogP contribution in [0.4, 0.5) is 0 Å². The van der Waals surface area contributed by atoms with Crippen molar-refractivity contribution in [3.05, 3.63) is 0 Å². The lowest BCUT2D eigenvalue weighted by atomic mass is 10.4. The molecule has 0 radical (unpaired) electrons. The molecule has 0 aliphatic heterocycles. The van der Waals surface area contributed by atoms with Gasteiger partial charge in [-0.15, -0.1) is 0 Å². The van der Waals surface area contributed by atoms with Gasteiger partial charge >= 0.3 is 5.97 Å². The van der Waals surface area contributed by atoms with Crippen LogP contribution in [0.3, 0.4) is 0 Å². The summed E-state index contributed by atoms with van der Waals surface area (Å²) in [5.74, 6) is 4.15. The summed E-state index contributed by atoms with van der Waals surface area (Å²) in [6.07, 6.45) is 0. The standard InChI is InChI=1S/C7H9NO3/c1-3-4-6(2)8-11-5-7(9)10/h5H2,1-2H3,(H,9,10)/b8-6-. The Morgan fingerprint density at radius 2 is 2.36 bits per heavy atom. The van der Waals surface area contributed by atoms with Crippen LogP contribution >= 0.6 is 0 Å². The Labute approximate surface area is 64.8 Å². The molecule has 0 bridgehead atoms. The molecule has 60 valence electrons. The highest BCUT2D eigenvalue weighted by Gasteiger charge is 1.93. The summed E-state index contributed by atoms with van der Waals surface area (Å²) < 4.78 is 0. The average Bonchev–Trinajstić information content (AvgIpc) is 1.87. The van der Waals surface area contributed by atoms with Crippen molar-refractivity contribution in [2.75, 3.05) is 6.61 Å². The van der Waals surface area contributed by atoms with Gasteiger partial charge in [-0.05, 0) is 19.8 Å². The van der Waals surface area contributed by atoms with Gasteiger partial charge in [0.1, 0.15) is 5.71 Å². The van der Waals surface area contributed by atoms with E-state index in [1.54, 1.807) is 13.8 Å². The first-order valence-corrected chi connectivity index (χ1v) is 2.98. The topological polar surface area (TPSA) is 58.9 Å². The van der Waals surface area contributed by atoms with Gasteiger partial charge in [-0.2, -0.15) is 0 Å². The van der Waals surface area contributed by atoms with Crippen molar-refractivity contribution in [2.24, 2.45) is 5.16 Å². The number of carbonyl (C=O) groups is 1. The first kappa shape index (κ1) is 9.50. The fraction of sp³-hybridized carbons (Fsp3) is 0.429. The number of rotatable bonds is 3. The second kappa shape index (κ2) is 5.30. The molecule has 0 aromatic heterocycles. The van der Waals surface area contributed by atoms with Crippen LogP contribution in [0.5, 0.6) is 0 Å². The van der Waals surface area contributed by atoms with Crippen molar-refractivity contribution in [1.82, 2.24) is 0 Å². The molecule has 0 aromatic carbocycles. The van der Waals surface area contributed by atoms with Crippen molar-refractivity contribution in [2.45, 2.75) is 13.8 Å². The van der Waals surface area contributed by atoms with Gasteiger partial charge in [0.05, 0.1) is 0 Å². The van der Waals surface area contributed by atoms with Crippen molar-refractivity contribution in [3.8, 4) is 11.8 Å². The van der Waals surface area contributed by atoms with E-state index in [9.17, 15) is 4.79 Å². The maximum Gasteiger partial charge on any atom is 0.344 e. The van der Waals surface area contributed by atoms with Crippen LogP contribution in [0.1, 0.15) is 13.8 Å². The Morgan fingerprint density at radius 1 is 1.73 bits per heavy atom. The van der Waals surface area contributed by atoms with Gasteiger partial charge in [0.2, 0.25) is 6.61 Å². The van der Waals surface area contributed by atoms with Crippen molar-refractivity contribution >= 4 is 11.7 Å². The Morgan fingerprint density at radius 3 is 2.82 bits per heavy atom. The van der Waals surface area contributed by atoms with E-state index in [4.69, 9.17) is 5.11 Å². The highest BCUT2D eigenvalue weighted by atomic mass is 16.6. The number of nitrogens with zero attached hydrogens (tertiary/aromatic N) is 1. The van der Waals surface area contributed by atoms with E-state index < -0.39 is 12.6 Å². The van der Waals surface area contributed by atoms with Crippen LogP contribution in [-0.4, -0.2) is 23.4 Å². The molecule has 4 heteroatoms. The summed E-state index contributed by atoms with van der Waals surface area (Å²) in [6.45, 7) is 2.87. The highest BCUT2D eigenvalue weighted by Crippen LogP contribution is 1.79. The maximum atomic E-state index is 9.91. The van der Waals surface area contributed by atoms with E-state index >= 15 is 0 Å². The van der Waals surface area contributed by atoms with Gasteiger partial charge in [0.25, 0.3) is 0 Å². The number of aliphatic carboxylic acids is 1. The van der Waals surface area contributed by atoms with Crippen LogP contribution in [0.15, 0.2) is 5.16 Å². The summed E-state index contributed by atoms with van der Waals surface area (Å²) in [4.78, 5) is 14.3. The van der Waals surface area contributed by atoms with Crippen molar-refractivity contribution in [1.29, 1.82) is 0 Å². The monoisotopic (exact) mass is 155 g/mol. The molecule has 0 saturated heterocycles. The molecular formula is C7H9NO3. The third-order valence-electron chi connectivity index (χ3n) is 0.695. The highest BCUT2D eigenvalue weighted by molar-refractivity contribution is 5.97. The molecule has 11 heavy (non-hydrogen) atoms. The van der Waals surface area contributed by atoms with Crippen molar-refractivity contribution in [3.63, 3.8) is 0 Å². The lowest BCUT2D eigenvalue weighted by molar-refractivity contribution is -0.142. The largest absolute Gasteiger partial charge is 0.479 e. The summed E-state index contributed by atoms with van der Waals surface area (Å²) >= 11 is 0. The minimum Gasteiger partial charge on any atom is -0.479 e. The second-order valence-corrected chi connectivity index (χ2v) is 1.72. The quantitative estimate of drug-likeness (QED) is 0.366. The lowest BCUT2D eigenvalue weighted by Gasteiger charge is -1.91. The number of carboxylic acids is 1. The molecule has 0 aliphatic rings. The predicted octanol–water partition coefficient (Wildman–Crippen LogP) is 0.487. The Balaban J connectivity index is 3.71. The molecule has 0 fully saturated rings. The Bertz CT molecular complexity index is 222. The molecule has 0 spiro atoms. The Hall–Kier alpha value is -1.50. The fourth-order valence-electron chi connectivity index (χ4n) is 0.388. The van der Waals surface area contributed by atoms with Gasteiger partial charge < -0.3 is 9.94 Å². The molecule has 0 unspecified atom stereocenters. The fourth-order valence-corrected chi connectivity index (χ4v) is 0.388. The van der Waals surface area contributed by atoms with E-state index in [0.717, 1.165) is 0 Å². The van der Waals surface area contributed by atoms with E-state index in [2.05, 4.69) is 21.8 Å². The van der Waals surface area contributed by atoms with Crippen LogP contribution in [0.2, 0.25) is 0 Å². The second-order valence-electron chi connectivity index (χ2n) is 1.72. The molecule has 0 saturated carbocycles. The molecule has 0 amide bonds. The number of oxime groups is 1. The summed E-state index contributed by atoms with van der Waals surface area (Å²) in [5.41, 5.74) is 0.466. The van der Waals surface area contributed by atoms with Gasteiger partial charge in [-0.1, -0.05) is 11.1 Å². The number of hydrogen-bond donors (Lipinski definition) is 1. The number of hydrogen-bond acceptors (Lipinski definition) is 3. The molecule has 1 N–H and O–H groups in total. The third kappa shape index (κ3) is 6.38. The molecule has 4 nitrogen and oxygen atoms in total. The van der Waals surface area contributed by atoms with E-state index in [0.29, 0.717) is 5.71 Å². The summed E-state index contributed by atoms with van der Waals surface area (Å²) in [6, 6.07) is 0. The lowest BCUT2D eigenvalue weighted by Crippen LogP contribution is -2.04. The summed E-state index contributed by atoms with van der Waals surface area (Å²) in [7, 11) is 0. The van der Waals surface area contributed by atoms with Crippen molar-refractivity contribution < 1.29 is 14.7 Å². The van der Waals surface area contributed by atoms with Crippen LogP contribution in [0.25, 0.3) is 0 Å². The Kier molecular flexibility index (Phi) is 4.58. The first-order chi connectivity index (χ1) is 5.16. The summed E-state index contributed by atoms with van der Waals surface area (Å²) in [5, 5.41) is 11.5. The zero-order valence-corrected chi connectivity index (χ0v) is 6.42. The first-order valence-electron chi connectivity index (χ1n) is 2.98. The SMILES string of the molecule is CC#C/C(C)=N\OCC(=O)O. The van der Waals surface area contributed by atoms with Crippen LogP contribution in [0, 0.1) is 11.8 Å².